The first-order chi connectivity index (χ1) is 7.06. The van der Waals surface area contributed by atoms with Crippen LogP contribution in [-0.2, 0) is 0 Å². The zero-order valence-corrected chi connectivity index (χ0v) is 10.3. The van der Waals surface area contributed by atoms with Gasteiger partial charge in [0.2, 0.25) is 0 Å². The van der Waals surface area contributed by atoms with Gasteiger partial charge >= 0.3 is 0 Å². The van der Waals surface area contributed by atoms with E-state index in [1.165, 1.54) is 5.56 Å². The number of halogens is 1. The molecule has 1 aromatic carbocycles. The molecule has 0 spiro atoms. The molecule has 0 aliphatic rings. The normalized spacial score (nSPS) is 12.3. The summed E-state index contributed by atoms with van der Waals surface area (Å²) in [6, 6.07) is 5.91. The number of ether oxygens (including phenoxy) is 1. The lowest BCUT2D eigenvalue weighted by atomic mass is 9.95. The highest BCUT2D eigenvalue weighted by atomic mass is 35.5. The van der Waals surface area contributed by atoms with E-state index in [9.17, 15) is 0 Å². The van der Waals surface area contributed by atoms with E-state index >= 15 is 0 Å². The van der Waals surface area contributed by atoms with Crippen molar-refractivity contribution in [1.82, 2.24) is 0 Å². The lowest BCUT2D eigenvalue weighted by molar-refractivity contribution is 0.340. The van der Waals surface area contributed by atoms with E-state index < -0.39 is 0 Å². The van der Waals surface area contributed by atoms with Crippen LogP contribution < -0.4 is 4.74 Å². The maximum atomic E-state index is 6.10. The van der Waals surface area contributed by atoms with E-state index in [1.807, 2.05) is 32.0 Å². The third-order valence-electron chi connectivity index (χ3n) is 2.49. The summed E-state index contributed by atoms with van der Waals surface area (Å²) in [4.78, 5) is 0. The van der Waals surface area contributed by atoms with Crippen LogP contribution in [0.4, 0.5) is 0 Å². The second-order valence-corrected chi connectivity index (χ2v) is 4.10. The van der Waals surface area contributed by atoms with E-state index in [0.29, 0.717) is 17.5 Å². The Morgan fingerprint density at radius 1 is 1.53 bits per heavy atom. The molecule has 0 saturated heterocycles. The molecule has 1 nitrogen and oxygen atoms in total. The molecule has 2 heteroatoms. The Hall–Kier alpha value is -0.950. The number of benzene rings is 1. The molecule has 0 aromatic heterocycles. The van der Waals surface area contributed by atoms with E-state index in [2.05, 4.69) is 13.5 Å². The van der Waals surface area contributed by atoms with E-state index in [4.69, 9.17) is 16.3 Å². The molecular weight excluding hydrogens is 208 g/mol. The fourth-order valence-corrected chi connectivity index (χ4v) is 1.59. The zero-order chi connectivity index (χ0) is 11.4. The standard InChI is InChI=1S/C13H17ClO/c1-5-15-13-7-6-11(8-12(13)14)10(4)9(2)3/h6-8,10H,2,5H2,1,3-4H3. The average Bonchev–Trinajstić information content (AvgIpc) is 2.20. The third kappa shape index (κ3) is 3.00. The predicted octanol–water partition coefficient (Wildman–Crippen LogP) is 4.42. The van der Waals surface area contributed by atoms with Crippen LogP contribution in [0, 0.1) is 0 Å². The van der Waals surface area contributed by atoms with Crippen LogP contribution in [0.25, 0.3) is 0 Å². The van der Waals surface area contributed by atoms with Gasteiger partial charge in [-0.1, -0.05) is 36.7 Å². The first-order valence-electron chi connectivity index (χ1n) is 5.14. The highest BCUT2D eigenvalue weighted by Crippen LogP contribution is 2.30. The van der Waals surface area contributed by atoms with Gasteiger partial charge in [-0.3, -0.25) is 0 Å². The Morgan fingerprint density at radius 2 is 2.20 bits per heavy atom. The lowest BCUT2D eigenvalue weighted by Gasteiger charge is -2.13. The van der Waals surface area contributed by atoms with Gasteiger partial charge < -0.3 is 4.74 Å². The van der Waals surface area contributed by atoms with E-state index in [1.54, 1.807) is 0 Å². The minimum absolute atomic E-state index is 0.332. The number of hydrogen-bond donors (Lipinski definition) is 0. The van der Waals surface area contributed by atoms with Gasteiger partial charge in [0.25, 0.3) is 0 Å². The molecule has 1 atom stereocenters. The average molecular weight is 225 g/mol. The van der Waals surface area contributed by atoms with Crippen molar-refractivity contribution >= 4 is 11.6 Å². The van der Waals surface area contributed by atoms with Crippen LogP contribution in [0.15, 0.2) is 30.4 Å². The Bertz CT molecular complexity index is 358. The van der Waals surface area contributed by atoms with Crippen LogP contribution in [0.5, 0.6) is 5.75 Å². The molecule has 1 rings (SSSR count). The third-order valence-corrected chi connectivity index (χ3v) is 2.79. The largest absolute Gasteiger partial charge is 0.492 e. The smallest absolute Gasteiger partial charge is 0.137 e. The second kappa shape index (κ2) is 5.22. The van der Waals surface area contributed by atoms with Gasteiger partial charge in [0.1, 0.15) is 5.75 Å². The topological polar surface area (TPSA) is 9.23 Å². The number of rotatable bonds is 4. The Labute approximate surface area is 96.7 Å². The van der Waals surface area contributed by atoms with Gasteiger partial charge in [-0.05, 0) is 31.5 Å². The van der Waals surface area contributed by atoms with Crippen molar-refractivity contribution in [2.75, 3.05) is 6.61 Å². The number of hydrogen-bond acceptors (Lipinski definition) is 1. The summed E-state index contributed by atoms with van der Waals surface area (Å²) in [7, 11) is 0. The second-order valence-electron chi connectivity index (χ2n) is 3.69. The summed E-state index contributed by atoms with van der Waals surface area (Å²) in [5, 5.41) is 0.669. The van der Waals surface area contributed by atoms with Gasteiger partial charge in [-0.15, -0.1) is 0 Å². The molecule has 1 unspecified atom stereocenters. The molecule has 15 heavy (non-hydrogen) atoms. The zero-order valence-electron chi connectivity index (χ0n) is 9.51. The van der Waals surface area contributed by atoms with Gasteiger partial charge in [-0.2, -0.15) is 0 Å². The van der Waals surface area contributed by atoms with Crippen molar-refractivity contribution in [3.05, 3.63) is 40.9 Å². The number of allylic oxidation sites excluding steroid dienone is 1. The Balaban J connectivity index is 2.95. The molecule has 1 aromatic rings. The van der Waals surface area contributed by atoms with Crippen molar-refractivity contribution in [1.29, 1.82) is 0 Å². The SMILES string of the molecule is C=C(C)C(C)c1ccc(OCC)c(Cl)c1. The van der Waals surface area contributed by atoms with Crippen molar-refractivity contribution in [2.45, 2.75) is 26.7 Å². The molecule has 0 amide bonds. The summed E-state index contributed by atoms with van der Waals surface area (Å²) >= 11 is 6.10. The van der Waals surface area contributed by atoms with Crippen LogP contribution >= 0.6 is 11.6 Å². The molecule has 0 saturated carbocycles. The molecule has 0 fully saturated rings. The minimum Gasteiger partial charge on any atom is -0.492 e. The van der Waals surface area contributed by atoms with Crippen LogP contribution in [0.3, 0.4) is 0 Å². The molecule has 0 bridgehead atoms. The summed E-state index contributed by atoms with van der Waals surface area (Å²) in [5.74, 6) is 1.08. The monoisotopic (exact) mass is 224 g/mol. The molecule has 82 valence electrons. The molecule has 0 aliphatic carbocycles. The maximum Gasteiger partial charge on any atom is 0.137 e. The Kier molecular flexibility index (Phi) is 4.22. The fraction of sp³-hybridized carbons (Fsp3) is 0.385. The molecular formula is C13H17ClO. The summed E-state index contributed by atoms with van der Waals surface area (Å²) in [5.41, 5.74) is 2.31. The van der Waals surface area contributed by atoms with Crippen LogP contribution in [0.1, 0.15) is 32.3 Å². The lowest BCUT2D eigenvalue weighted by Crippen LogP contribution is -1.96. The Morgan fingerprint density at radius 3 is 2.67 bits per heavy atom. The van der Waals surface area contributed by atoms with Crippen molar-refractivity contribution in [2.24, 2.45) is 0 Å². The molecule has 0 heterocycles. The molecule has 0 N–H and O–H groups in total. The summed E-state index contributed by atoms with van der Waals surface area (Å²) in [6.45, 7) is 10.7. The van der Waals surface area contributed by atoms with Gasteiger partial charge in [0.15, 0.2) is 0 Å². The predicted molar refractivity (Wildman–Crippen MR) is 65.9 cm³/mol. The highest BCUT2D eigenvalue weighted by Gasteiger charge is 2.09. The summed E-state index contributed by atoms with van der Waals surface area (Å²) < 4.78 is 5.38. The summed E-state index contributed by atoms with van der Waals surface area (Å²) in [6.07, 6.45) is 0. The van der Waals surface area contributed by atoms with Crippen molar-refractivity contribution in [3.8, 4) is 5.75 Å². The van der Waals surface area contributed by atoms with Crippen LogP contribution in [0.2, 0.25) is 5.02 Å². The first kappa shape index (κ1) is 12.1. The van der Waals surface area contributed by atoms with Gasteiger partial charge in [0.05, 0.1) is 11.6 Å². The van der Waals surface area contributed by atoms with Gasteiger partial charge in [-0.25, -0.2) is 0 Å². The van der Waals surface area contributed by atoms with Crippen molar-refractivity contribution in [3.63, 3.8) is 0 Å². The maximum absolute atomic E-state index is 6.10. The molecule has 0 aliphatic heterocycles. The van der Waals surface area contributed by atoms with Gasteiger partial charge in [0, 0.05) is 5.92 Å². The quantitative estimate of drug-likeness (QED) is 0.688. The minimum atomic E-state index is 0.332. The molecule has 0 radical (unpaired) electrons. The van der Waals surface area contributed by atoms with E-state index in [0.717, 1.165) is 11.3 Å². The van der Waals surface area contributed by atoms with E-state index in [-0.39, 0.29) is 0 Å². The highest BCUT2D eigenvalue weighted by molar-refractivity contribution is 6.32. The van der Waals surface area contributed by atoms with Crippen LogP contribution in [-0.4, -0.2) is 6.61 Å². The first-order valence-corrected chi connectivity index (χ1v) is 5.51. The fourth-order valence-electron chi connectivity index (χ4n) is 1.34. The van der Waals surface area contributed by atoms with Crippen molar-refractivity contribution < 1.29 is 4.74 Å².